The number of fused-ring (bicyclic) bond motifs is 1. The molecule has 0 atom stereocenters. The Bertz CT molecular complexity index is 533. The largest absolute Gasteiger partial charge is 0.396 e. The van der Waals surface area contributed by atoms with Gasteiger partial charge in [-0.2, -0.15) is 0 Å². The number of aliphatic hydroxyl groups is 1. The maximum atomic E-state index is 8.89. The summed E-state index contributed by atoms with van der Waals surface area (Å²) in [6.07, 6.45) is 4.37. The fourth-order valence-corrected chi connectivity index (χ4v) is 3.23. The van der Waals surface area contributed by atoms with Crippen LogP contribution in [0.5, 0.6) is 0 Å². The van der Waals surface area contributed by atoms with Gasteiger partial charge in [0.25, 0.3) is 0 Å². The highest BCUT2D eigenvalue weighted by atomic mass is 32.1. The van der Waals surface area contributed by atoms with Crippen molar-refractivity contribution in [3.8, 4) is 10.6 Å². The van der Waals surface area contributed by atoms with E-state index in [4.69, 9.17) is 5.11 Å². The van der Waals surface area contributed by atoms with Crippen molar-refractivity contribution in [3.63, 3.8) is 0 Å². The molecule has 0 spiro atoms. The number of aliphatic hydroxyl groups excluding tert-OH is 1. The van der Waals surface area contributed by atoms with E-state index in [0.717, 1.165) is 10.7 Å². The zero-order valence-electron chi connectivity index (χ0n) is 9.65. The van der Waals surface area contributed by atoms with Crippen LogP contribution in [0.15, 0.2) is 23.6 Å². The first kappa shape index (κ1) is 10.9. The second-order valence-corrected chi connectivity index (χ2v) is 5.31. The predicted octanol–water partition coefficient (Wildman–Crippen LogP) is 2.83. The molecule has 0 amide bonds. The molecule has 3 rings (SSSR count). The number of hydrogen-bond donors (Lipinski definition) is 1. The van der Waals surface area contributed by atoms with Crippen LogP contribution in [0, 0.1) is 0 Å². The van der Waals surface area contributed by atoms with E-state index in [-0.39, 0.29) is 6.61 Å². The van der Waals surface area contributed by atoms with Gasteiger partial charge in [-0.25, -0.2) is 4.98 Å². The second-order valence-electron chi connectivity index (χ2n) is 4.45. The van der Waals surface area contributed by atoms with Crippen LogP contribution in [0.1, 0.15) is 23.2 Å². The van der Waals surface area contributed by atoms with E-state index in [1.165, 1.54) is 36.0 Å². The number of aromatic nitrogens is 1. The molecule has 3 heteroatoms. The molecule has 0 saturated heterocycles. The van der Waals surface area contributed by atoms with Crippen LogP contribution in [0.4, 0.5) is 0 Å². The summed E-state index contributed by atoms with van der Waals surface area (Å²) in [7, 11) is 0. The summed E-state index contributed by atoms with van der Waals surface area (Å²) in [6.45, 7) is 0.174. The topological polar surface area (TPSA) is 33.1 Å². The van der Waals surface area contributed by atoms with Crippen molar-refractivity contribution in [2.75, 3.05) is 6.61 Å². The van der Waals surface area contributed by atoms with Crippen molar-refractivity contribution in [3.05, 3.63) is 40.4 Å². The molecule has 1 N–H and O–H groups in total. The summed E-state index contributed by atoms with van der Waals surface area (Å²) in [5.74, 6) is 0. The van der Waals surface area contributed by atoms with Gasteiger partial charge in [0.1, 0.15) is 5.01 Å². The predicted molar refractivity (Wildman–Crippen MR) is 70.4 cm³/mol. The SMILES string of the molecule is OCCc1csc(-c2ccc3c(c2)CCC3)n1. The maximum Gasteiger partial charge on any atom is 0.123 e. The quantitative estimate of drug-likeness (QED) is 0.902. The molecule has 88 valence electrons. The van der Waals surface area contributed by atoms with Crippen molar-refractivity contribution < 1.29 is 5.11 Å². The van der Waals surface area contributed by atoms with E-state index >= 15 is 0 Å². The van der Waals surface area contributed by atoms with Gasteiger partial charge in [-0.05, 0) is 36.5 Å². The third-order valence-electron chi connectivity index (χ3n) is 3.27. The van der Waals surface area contributed by atoms with Crippen molar-refractivity contribution in [2.24, 2.45) is 0 Å². The first-order valence-electron chi connectivity index (χ1n) is 6.04. The van der Waals surface area contributed by atoms with Gasteiger partial charge in [-0.15, -0.1) is 11.3 Å². The van der Waals surface area contributed by atoms with Crippen molar-refractivity contribution in [2.45, 2.75) is 25.7 Å². The fourth-order valence-electron chi connectivity index (χ4n) is 2.37. The molecule has 0 unspecified atom stereocenters. The van der Waals surface area contributed by atoms with E-state index in [1.54, 1.807) is 11.3 Å². The summed E-state index contributed by atoms with van der Waals surface area (Å²) in [6, 6.07) is 6.69. The van der Waals surface area contributed by atoms with Gasteiger partial charge in [0, 0.05) is 24.0 Å². The Morgan fingerprint density at radius 2 is 2.12 bits per heavy atom. The molecule has 1 aliphatic rings. The van der Waals surface area contributed by atoms with Gasteiger partial charge >= 0.3 is 0 Å². The summed E-state index contributed by atoms with van der Waals surface area (Å²) in [4.78, 5) is 4.55. The molecular weight excluding hydrogens is 230 g/mol. The van der Waals surface area contributed by atoms with Gasteiger partial charge in [0.15, 0.2) is 0 Å². The molecule has 1 heterocycles. The number of rotatable bonds is 3. The van der Waals surface area contributed by atoms with Crippen molar-refractivity contribution in [1.82, 2.24) is 4.98 Å². The molecule has 17 heavy (non-hydrogen) atoms. The minimum Gasteiger partial charge on any atom is -0.396 e. The Labute approximate surface area is 105 Å². The number of nitrogens with zero attached hydrogens (tertiary/aromatic N) is 1. The number of hydrogen-bond acceptors (Lipinski definition) is 3. The van der Waals surface area contributed by atoms with Gasteiger partial charge in [-0.3, -0.25) is 0 Å². The Morgan fingerprint density at radius 1 is 1.24 bits per heavy atom. The molecule has 0 saturated carbocycles. The van der Waals surface area contributed by atoms with Gasteiger partial charge in [0.2, 0.25) is 0 Å². The van der Waals surface area contributed by atoms with E-state index in [0.29, 0.717) is 6.42 Å². The molecule has 0 bridgehead atoms. The average molecular weight is 245 g/mol. The van der Waals surface area contributed by atoms with Gasteiger partial charge in [0.05, 0.1) is 5.69 Å². The minimum atomic E-state index is 0.174. The maximum absolute atomic E-state index is 8.89. The fraction of sp³-hybridized carbons (Fsp3) is 0.357. The Morgan fingerprint density at radius 3 is 3.00 bits per heavy atom. The second kappa shape index (κ2) is 4.59. The summed E-state index contributed by atoms with van der Waals surface area (Å²) in [5, 5.41) is 12.0. The van der Waals surface area contributed by atoms with Crippen LogP contribution < -0.4 is 0 Å². The molecule has 1 aliphatic carbocycles. The normalized spacial score (nSPS) is 13.9. The summed E-state index contributed by atoms with van der Waals surface area (Å²) >= 11 is 1.67. The lowest BCUT2D eigenvalue weighted by Gasteiger charge is -2.01. The third-order valence-corrected chi connectivity index (χ3v) is 4.21. The van der Waals surface area contributed by atoms with E-state index in [2.05, 4.69) is 23.2 Å². The average Bonchev–Trinajstić information content (AvgIpc) is 2.96. The van der Waals surface area contributed by atoms with E-state index in [1.807, 2.05) is 5.38 Å². The van der Waals surface area contributed by atoms with Crippen LogP contribution in [0.2, 0.25) is 0 Å². The van der Waals surface area contributed by atoms with Gasteiger partial charge < -0.3 is 5.11 Å². The lowest BCUT2D eigenvalue weighted by atomic mass is 10.1. The summed E-state index contributed by atoms with van der Waals surface area (Å²) < 4.78 is 0. The Kier molecular flexibility index (Phi) is 2.95. The highest BCUT2D eigenvalue weighted by Crippen LogP contribution is 2.29. The van der Waals surface area contributed by atoms with E-state index < -0.39 is 0 Å². The molecule has 0 radical (unpaired) electrons. The smallest absolute Gasteiger partial charge is 0.123 e. The minimum absolute atomic E-state index is 0.174. The molecule has 0 aliphatic heterocycles. The van der Waals surface area contributed by atoms with E-state index in [9.17, 15) is 0 Å². The lowest BCUT2D eigenvalue weighted by molar-refractivity contribution is 0.298. The standard InChI is InChI=1S/C14H15NOS/c16-7-6-13-9-17-14(15-13)12-5-4-10-2-1-3-11(10)8-12/h4-5,8-9,16H,1-3,6-7H2. The summed E-state index contributed by atoms with van der Waals surface area (Å²) in [5.41, 5.74) is 5.20. The van der Waals surface area contributed by atoms with Crippen LogP contribution in [0.25, 0.3) is 10.6 Å². The first-order chi connectivity index (χ1) is 8.36. The molecule has 1 aromatic carbocycles. The zero-order chi connectivity index (χ0) is 11.7. The van der Waals surface area contributed by atoms with Crippen molar-refractivity contribution in [1.29, 1.82) is 0 Å². The van der Waals surface area contributed by atoms with Gasteiger partial charge in [-0.1, -0.05) is 12.1 Å². The molecule has 0 fully saturated rings. The van der Waals surface area contributed by atoms with Crippen LogP contribution in [-0.4, -0.2) is 16.7 Å². The highest BCUT2D eigenvalue weighted by Gasteiger charge is 2.12. The van der Waals surface area contributed by atoms with Crippen LogP contribution >= 0.6 is 11.3 Å². The van der Waals surface area contributed by atoms with Crippen LogP contribution in [-0.2, 0) is 19.3 Å². The number of aryl methyl sites for hydroxylation is 2. The lowest BCUT2D eigenvalue weighted by Crippen LogP contribution is -1.90. The number of thiazole rings is 1. The molecular formula is C14H15NOS. The zero-order valence-corrected chi connectivity index (χ0v) is 10.5. The Balaban J connectivity index is 1.92. The molecule has 2 aromatic rings. The Hall–Kier alpha value is -1.19. The molecule has 2 nitrogen and oxygen atoms in total. The van der Waals surface area contributed by atoms with Crippen molar-refractivity contribution >= 4 is 11.3 Å². The third kappa shape index (κ3) is 2.13. The van der Waals surface area contributed by atoms with Crippen LogP contribution in [0.3, 0.4) is 0 Å². The first-order valence-corrected chi connectivity index (χ1v) is 6.92. The molecule has 1 aromatic heterocycles. The highest BCUT2D eigenvalue weighted by molar-refractivity contribution is 7.13. The monoisotopic (exact) mass is 245 g/mol. The number of benzene rings is 1.